The maximum absolute atomic E-state index is 2.00. The number of halogens is 1. The SMILES string of the molecule is C[B]C.[Br-]. The molecule has 0 unspecified atom stereocenters. The van der Waals surface area contributed by atoms with Crippen molar-refractivity contribution in [2.24, 2.45) is 0 Å². The van der Waals surface area contributed by atoms with Crippen LogP contribution in [0.1, 0.15) is 0 Å². The van der Waals surface area contributed by atoms with Crippen LogP contribution in [0.4, 0.5) is 0 Å². The first-order chi connectivity index (χ1) is 1.41. The van der Waals surface area contributed by atoms with Crippen LogP contribution in [0, 0.1) is 0 Å². The van der Waals surface area contributed by atoms with Gasteiger partial charge in [-0.05, 0) is 0 Å². The number of rotatable bonds is 0. The van der Waals surface area contributed by atoms with Crippen LogP contribution in [-0.4, -0.2) is 7.28 Å². The molecule has 25 valence electrons. The molecule has 0 rings (SSSR count). The van der Waals surface area contributed by atoms with Crippen LogP contribution in [-0.2, 0) is 0 Å². The third-order valence-corrected chi connectivity index (χ3v) is 0. The maximum atomic E-state index is 2.00. The summed E-state index contributed by atoms with van der Waals surface area (Å²) in [6.07, 6.45) is 0. The van der Waals surface area contributed by atoms with Crippen molar-refractivity contribution in [2.75, 3.05) is 0 Å². The van der Waals surface area contributed by atoms with E-state index in [0.29, 0.717) is 0 Å². The van der Waals surface area contributed by atoms with Crippen LogP contribution >= 0.6 is 0 Å². The van der Waals surface area contributed by atoms with Gasteiger partial charge >= 0.3 is 0 Å². The van der Waals surface area contributed by atoms with E-state index >= 15 is 0 Å². The van der Waals surface area contributed by atoms with Crippen molar-refractivity contribution in [3.8, 4) is 0 Å². The first kappa shape index (κ1) is 8.82. The van der Waals surface area contributed by atoms with Crippen LogP contribution < -0.4 is 17.0 Å². The van der Waals surface area contributed by atoms with Crippen molar-refractivity contribution in [2.45, 2.75) is 13.6 Å². The summed E-state index contributed by atoms with van der Waals surface area (Å²) in [5.41, 5.74) is 0. The number of hydrogen-bond acceptors (Lipinski definition) is 0. The van der Waals surface area contributed by atoms with Crippen molar-refractivity contribution in [3.63, 3.8) is 0 Å². The summed E-state index contributed by atoms with van der Waals surface area (Å²) in [6.45, 7) is 4.00. The van der Waals surface area contributed by atoms with E-state index in [1.807, 2.05) is 20.9 Å². The molecule has 0 saturated carbocycles. The Hall–Kier alpha value is 0.545. The van der Waals surface area contributed by atoms with Gasteiger partial charge in [0.15, 0.2) is 0 Å². The molecular formula is C2H6BBr-. The molecule has 0 fully saturated rings. The summed E-state index contributed by atoms with van der Waals surface area (Å²) in [5, 5.41) is 0. The van der Waals surface area contributed by atoms with E-state index in [-0.39, 0.29) is 17.0 Å². The molecule has 0 heterocycles. The molecule has 2 heteroatoms. The lowest BCUT2D eigenvalue weighted by Crippen LogP contribution is -3.00. The molecule has 0 saturated heterocycles. The summed E-state index contributed by atoms with van der Waals surface area (Å²) in [4.78, 5) is 0. The Labute approximate surface area is 38.6 Å². The van der Waals surface area contributed by atoms with E-state index in [1.165, 1.54) is 0 Å². The van der Waals surface area contributed by atoms with Crippen LogP contribution in [0.2, 0.25) is 13.6 Å². The summed E-state index contributed by atoms with van der Waals surface area (Å²) < 4.78 is 0. The van der Waals surface area contributed by atoms with Gasteiger partial charge in [-0.15, -0.1) is 0 Å². The van der Waals surface area contributed by atoms with Crippen molar-refractivity contribution in [3.05, 3.63) is 0 Å². The van der Waals surface area contributed by atoms with Crippen LogP contribution in [0.25, 0.3) is 0 Å². The molecular weight excluding hydrogens is 115 g/mol. The first-order valence-corrected chi connectivity index (χ1v) is 1.15. The fourth-order valence-electron chi connectivity index (χ4n) is 0. The fraction of sp³-hybridized carbons (Fsp3) is 1.00. The minimum atomic E-state index is 0. The highest BCUT2D eigenvalue weighted by molar-refractivity contribution is 6.31. The molecule has 0 spiro atoms. The van der Waals surface area contributed by atoms with Gasteiger partial charge in [0.05, 0.1) is 0 Å². The summed E-state index contributed by atoms with van der Waals surface area (Å²) in [6, 6.07) is 0. The lowest BCUT2D eigenvalue weighted by molar-refractivity contribution is -0.000000756. The molecule has 0 N–H and O–H groups in total. The molecule has 0 aromatic rings. The molecule has 0 nitrogen and oxygen atoms in total. The Morgan fingerprint density at radius 1 is 1.25 bits per heavy atom. The lowest BCUT2D eigenvalue weighted by Gasteiger charge is -1.41. The van der Waals surface area contributed by atoms with E-state index in [0.717, 1.165) is 0 Å². The minimum absolute atomic E-state index is 0. The highest BCUT2D eigenvalue weighted by Crippen LogP contribution is 1.36. The Morgan fingerprint density at radius 2 is 1.25 bits per heavy atom. The lowest BCUT2D eigenvalue weighted by atomic mass is 9.88. The third-order valence-electron chi connectivity index (χ3n) is 0. The van der Waals surface area contributed by atoms with Gasteiger partial charge in [-0.25, -0.2) is 0 Å². The molecule has 0 bridgehead atoms. The zero-order valence-corrected chi connectivity index (χ0v) is 4.54. The molecule has 4 heavy (non-hydrogen) atoms. The molecule has 0 aliphatic heterocycles. The second-order valence-electron chi connectivity index (χ2n) is 0.577. The standard InChI is InChI=1S/C2H6B.BrH/c1-3-2;/h1-2H3;1H/p-1. The van der Waals surface area contributed by atoms with Crippen molar-refractivity contribution in [1.29, 1.82) is 0 Å². The van der Waals surface area contributed by atoms with Gasteiger partial charge < -0.3 is 17.0 Å². The Bertz CT molecular complexity index is 6.00. The van der Waals surface area contributed by atoms with Gasteiger partial charge in [0.2, 0.25) is 0 Å². The summed E-state index contributed by atoms with van der Waals surface area (Å²) in [5.74, 6) is 0. The molecule has 0 amide bonds. The highest BCUT2D eigenvalue weighted by Gasteiger charge is 1.42. The van der Waals surface area contributed by atoms with Gasteiger partial charge in [-0.1, -0.05) is 13.6 Å². The fourth-order valence-corrected chi connectivity index (χ4v) is 0. The van der Waals surface area contributed by atoms with Crippen molar-refractivity contribution in [1.82, 2.24) is 0 Å². The average molecular weight is 121 g/mol. The van der Waals surface area contributed by atoms with Gasteiger partial charge in [-0.2, -0.15) is 0 Å². The van der Waals surface area contributed by atoms with Gasteiger partial charge in [-0.3, -0.25) is 0 Å². The van der Waals surface area contributed by atoms with E-state index in [2.05, 4.69) is 0 Å². The predicted molar refractivity (Wildman–Crippen MR) is 17.5 cm³/mol. The van der Waals surface area contributed by atoms with E-state index < -0.39 is 0 Å². The molecule has 0 aliphatic carbocycles. The zero-order chi connectivity index (χ0) is 2.71. The van der Waals surface area contributed by atoms with E-state index in [1.54, 1.807) is 0 Å². The Morgan fingerprint density at radius 3 is 1.25 bits per heavy atom. The zero-order valence-electron chi connectivity index (χ0n) is 2.96. The normalized spacial score (nSPS) is 3.50. The Kier molecular flexibility index (Phi) is 21.2. The van der Waals surface area contributed by atoms with Crippen LogP contribution in [0.5, 0.6) is 0 Å². The van der Waals surface area contributed by atoms with Crippen molar-refractivity contribution < 1.29 is 17.0 Å². The molecule has 0 atom stereocenters. The molecule has 1 radical (unpaired) electrons. The summed E-state index contributed by atoms with van der Waals surface area (Å²) in [7, 11) is 2.00. The maximum Gasteiger partial charge on any atom is 0.102 e. The monoisotopic (exact) mass is 120 g/mol. The molecule has 0 aromatic heterocycles. The predicted octanol–water partition coefficient (Wildman–Crippen LogP) is -2.21. The van der Waals surface area contributed by atoms with E-state index in [9.17, 15) is 0 Å². The topological polar surface area (TPSA) is 0 Å². The van der Waals surface area contributed by atoms with Crippen LogP contribution in [0.3, 0.4) is 0 Å². The largest absolute Gasteiger partial charge is 1.00 e. The van der Waals surface area contributed by atoms with Gasteiger partial charge in [0.25, 0.3) is 0 Å². The van der Waals surface area contributed by atoms with Gasteiger partial charge in [0, 0.05) is 0 Å². The summed E-state index contributed by atoms with van der Waals surface area (Å²) >= 11 is 0. The average Bonchev–Trinajstić information content (AvgIpc) is 0.918. The smallest absolute Gasteiger partial charge is 0.102 e. The minimum Gasteiger partial charge on any atom is -1.00 e. The van der Waals surface area contributed by atoms with E-state index in [4.69, 9.17) is 0 Å². The first-order valence-electron chi connectivity index (χ1n) is 1.15. The molecule has 0 aliphatic rings. The highest BCUT2D eigenvalue weighted by atomic mass is 79.9. The molecule has 0 aromatic carbocycles. The van der Waals surface area contributed by atoms with Crippen molar-refractivity contribution >= 4 is 7.28 Å². The Balaban J connectivity index is 0. The van der Waals surface area contributed by atoms with Gasteiger partial charge in [0.1, 0.15) is 7.28 Å². The van der Waals surface area contributed by atoms with Crippen LogP contribution in [0.15, 0.2) is 0 Å². The second kappa shape index (κ2) is 9.62. The third kappa shape index (κ3) is 20.5. The quantitative estimate of drug-likeness (QED) is 0.318. The number of hydrogen-bond donors (Lipinski definition) is 0. The second-order valence-corrected chi connectivity index (χ2v) is 0.577.